The van der Waals surface area contributed by atoms with E-state index in [2.05, 4.69) is 10.3 Å². The monoisotopic (exact) mass is 330 g/mol. The van der Waals surface area contributed by atoms with E-state index in [4.69, 9.17) is 11.6 Å². The van der Waals surface area contributed by atoms with Crippen LogP contribution in [0.3, 0.4) is 0 Å². The van der Waals surface area contributed by atoms with Gasteiger partial charge >= 0.3 is 0 Å². The summed E-state index contributed by atoms with van der Waals surface area (Å²) in [5.41, 5.74) is 1.59. The van der Waals surface area contributed by atoms with E-state index in [0.29, 0.717) is 17.3 Å². The predicted octanol–water partition coefficient (Wildman–Crippen LogP) is 3.43. The predicted molar refractivity (Wildman–Crippen MR) is 83.5 cm³/mol. The lowest BCUT2D eigenvalue weighted by atomic mass is 10.3. The van der Waals surface area contributed by atoms with Crippen molar-refractivity contribution in [3.8, 4) is 0 Å². The Hall–Kier alpha value is -1.11. The number of benzene rings is 1. The number of hydrogen-bond donors (Lipinski definition) is 1. The van der Waals surface area contributed by atoms with E-state index in [1.807, 2.05) is 13.8 Å². The van der Waals surface area contributed by atoms with E-state index in [1.54, 1.807) is 23.5 Å². The van der Waals surface area contributed by atoms with Crippen LogP contribution in [0.1, 0.15) is 15.6 Å². The number of anilines is 1. The third-order valence-electron chi connectivity index (χ3n) is 2.80. The Kier molecular flexibility index (Phi) is 4.36. The molecule has 2 aromatic rings. The molecule has 1 aromatic heterocycles. The van der Waals surface area contributed by atoms with Gasteiger partial charge in [-0.25, -0.2) is 13.4 Å². The van der Waals surface area contributed by atoms with Crippen LogP contribution in [-0.4, -0.2) is 19.7 Å². The molecule has 108 valence electrons. The SMILES string of the molecule is Cc1nc(C)c(CNc2cc(S(C)(=O)=O)ccc2Cl)s1. The quantitative estimate of drug-likeness (QED) is 0.933. The summed E-state index contributed by atoms with van der Waals surface area (Å²) in [5, 5.41) is 4.68. The number of nitrogens with one attached hydrogen (secondary N) is 1. The van der Waals surface area contributed by atoms with Gasteiger partial charge in [0.2, 0.25) is 0 Å². The van der Waals surface area contributed by atoms with E-state index in [9.17, 15) is 8.42 Å². The first kappa shape index (κ1) is 15.3. The van der Waals surface area contributed by atoms with Crippen LogP contribution in [0.5, 0.6) is 0 Å². The average molecular weight is 331 g/mol. The van der Waals surface area contributed by atoms with Gasteiger partial charge in [0, 0.05) is 11.1 Å². The van der Waals surface area contributed by atoms with Crippen LogP contribution < -0.4 is 5.32 Å². The molecule has 0 aliphatic rings. The molecule has 0 unspecified atom stereocenters. The number of halogens is 1. The Morgan fingerprint density at radius 1 is 1.35 bits per heavy atom. The van der Waals surface area contributed by atoms with E-state index in [1.165, 1.54) is 12.3 Å². The van der Waals surface area contributed by atoms with Crippen LogP contribution >= 0.6 is 22.9 Å². The molecule has 4 nitrogen and oxygen atoms in total. The molecule has 0 saturated carbocycles. The fourth-order valence-electron chi connectivity index (χ4n) is 1.78. The summed E-state index contributed by atoms with van der Waals surface area (Å²) in [6.45, 7) is 4.48. The third-order valence-corrected chi connectivity index (χ3v) is 5.32. The number of thiazole rings is 1. The Morgan fingerprint density at radius 2 is 2.05 bits per heavy atom. The summed E-state index contributed by atoms with van der Waals surface area (Å²) in [7, 11) is -3.24. The summed E-state index contributed by atoms with van der Waals surface area (Å²) in [4.78, 5) is 5.72. The van der Waals surface area contributed by atoms with Crippen molar-refractivity contribution < 1.29 is 8.42 Å². The molecule has 0 aliphatic carbocycles. The molecular weight excluding hydrogens is 316 g/mol. The maximum absolute atomic E-state index is 11.5. The van der Waals surface area contributed by atoms with Gasteiger partial charge in [0.25, 0.3) is 0 Å². The molecule has 0 atom stereocenters. The van der Waals surface area contributed by atoms with Crippen molar-refractivity contribution >= 4 is 38.5 Å². The summed E-state index contributed by atoms with van der Waals surface area (Å²) in [6, 6.07) is 4.65. The zero-order valence-electron chi connectivity index (χ0n) is 11.4. The van der Waals surface area contributed by atoms with Crippen molar-refractivity contribution in [2.24, 2.45) is 0 Å². The van der Waals surface area contributed by atoms with E-state index in [-0.39, 0.29) is 4.90 Å². The van der Waals surface area contributed by atoms with Gasteiger partial charge in [0.1, 0.15) is 0 Å². The minimum atomic E-state index is -3.24. The van der Waals surface area contributed by atoms with Gasteiger partial charge in [-0.2, -0.15) is 0 Å². The lowest BCUT2D eigenvalue weighted by molar-refractivity contribution is 0.602. The van der Waals surface area contributed by atoms with Gasteiger partial charge in [-0.05, 0) is 32.0 Å². The molecule has 2 rings (SSSR count). The summed E-state index contributed by atoms with van der Waals surface area (Å²) < 4.78 is 23.1. The molecule has 0 aliphatic heterocycles. The first-order valence-electron chi connectivity index (χ1n) is 5.94. The Balaban J connectivity index is 2.23. The molecule has 1 N–H and O–H groups in total. The number of sulfone groups is 1. The van der Waals surface area contributed by atoms with Crippen molar-refractivity contribution in [3.05, 3.63) is 38.8 Å². The van der Waals surface area contributed by atoms with Gasteiger partial charge in [0.15, 0.2) is 9.84 Å². The lowest BCUT2D eigenvalue weighted by Gasteiger charge is -2.09. The van der Waals surface area contributed by atoms with Gasteiger partial charge in [-0.1, -0.05) is 11.6 Å². The smallest absolute Gasteiger partial charge is 0.175 e. The standard InChI is InChI=1S/C13H15ClN2O2S2/c1-8-13(19-9(2)16-8)7-15-12-6-10(20(3,17)18)4-5-11(12)14/h4-6,15H,7H2,1-3H3. The highest BCUT2D eigenvalue weighted by molar-refractivity contribution is 7.90. The first-order chi connectivity index (χ1) is 9.27. The molecule has 20 heavy (non-hydrogen) atoms. The minimum Gasteiger partial charge on any atom is -0.379 e. The van der Waals surface area contributed by atoms with Crippen LogP contribution in [0, 0.1) is 13.8 Å². The zero-order chi connectivity index (χ0) is 14.9. The van der Waals surface area contributed by atoms with E-state index >= 15 is 0 Å². The highest BCUT2D eigenvalue weighted by Crippen LogP contribution is 2.27. The van der Waals surface area contributed by atoms with Gasteiger partial charge in [-0.15, -0.1) is 11.3 Å². The topological polar surface area (TPSA) is 59.1 Å². The van der Waals surface area contributed by atoms with Crippen molar-refractivity contribution in [3.63, 3.8) is 0 Å². The molecule has 0 spiro atoms. The average Bonchev–Trinajstić information content (AvgIpc) is 2.65. The normalized spacial score (nSPS) is 11.6. The number of hydrogen-bond acceptors (Lipinski definition) is 5. The fraction of sp³-hybridized carbons (Fsp3) is 0.308. The second-order valence-electron chi connectivity index (χ2n) is 4.51. The molecule has 1 aromatic carbocycles. The van der Waals surface area contributed by atoms with Gasteiger partial charge in [0.05, 0.1) is 32.9 Å². The van der Waals surface area contributed by atoms with Crippen molar-refractivity contribution in [2.75, 3.05) is 11.6 Å². The number of aryl methyl sites for hydroxylation is 2. The summed E-state index contributed by atoms with van der Waals surface area (Å²) in [5.74, 6) is 0. The van der Waals surface area contributed by atoms with Crippen molar-refractivity contribution in [1.29, 1.82) is 0 Å². The highest BCUT2D eigenvalue weighted by atomic mass is 35.5. The maximum atomic E-state index is 11.5. The minimum absolute atomic E-state index is 0.251. The zero-order valence-corrected chi connectivity index (χ0v) is 13.8. The Bertz CT molecular complexity index is 739. The molecule has 0 bridgehead atoms. The van der Waals surface area contributed by atoms with Crippen molar-refractivity contribution in [2.45, 2.75) is 25.3 Å². The lowest BCUT2D eigenvalue weighted by Crippen LogP contribution is -2.02. The molecule has 0 amide bonds. The molecular formula is C13H15ClN2O2S2. The molecule has 0 radical (unpaired) electrons. The summed E-state index contributed by atoms with van der Waals surface area (Å²) >= 11 is 7.70. The maximum Gasteiger partial charge on any atom is 0.175 e. The van der Waals surface area contributed by atoms with Crippen molar-refractivity contribution in [1.82, 2.24) is 4.98 Å². The first-order valence-corrected chi connectivity index (χ1v) is 9.02. The van der Waals surface area contributed by atoms with E-state index < -0.39 is 9.84 Å². The Morgan fingerprint density at radius 3 is 2.60 bits per heavy atom. The number of aromatic nitrogens is 1. The molecule has 0 saturated heterocycles. The highest BCUT2D eigenvalue weighted by Gasteiger charge is 2.11. The second-order valence-corrected chi connectivity index (χ2v) is 8.22. The number of rotatable bonds is 4. The van der Waals surface area contributed by atoms with Crippen LogP contribution in [0.25, 0.3) is 0 Å². The van der Waals surface area contributed by atoms with Crippen LogP contribution in [0.15, 0.2) is 23.1 Å². The second kappa shape index (κ2) is 5.71. The van der Waals surface area contributed by atoms with Crippen LogP contribution in [0.4, 0.5) is 5.69 Å². The largest absolute Gasteiger partial charge is 0.379 e. The third kappa shape index (κ3) is 3.50. The fourth-order valence-corrected chi connectivity index (χ4v) is 3.49. The van der Waals surface area contributed by atoms with Gasteiger partial charge in [-0.3, -0.25) is 0 Å². The number of nitrogens with zero attached hydrogens (tertiary/aromatic N) is 1. The molecule has 7 heteroatoms. The van der Waals surface area contributed by atoms with E-state index in [0.717, 1.165) is 15.6 Å². The van der Waals surface area contributed by atoms with Gasteiger partial charge < -0.3 is 5.32 Å². The molecule has 1 heterocycles. The van der Waals surface area contributed by atoms with Crippen LogP contribution in [-0.2, 0) is 16.4 Å². The summed E-state index contributed by atoms with van der Waals surface area (Å²) in [6.07, 6.45) is 1.18. The Labute approximate surface area is 127 Å². The molecule has 0 fully saturated rings. The van der Waals surface area contributed by atoms with Crippen LogP contribution in [0.2, 0.25) is 5.02 Å².